The molecule has 1 aliphatic carbocycles. The van der Waals surface area contributed by atoms with E-state index in [-0.39, 0.29) is 17.9 Å². The topological polar surface area (TPSA) is 52.6 Å². The number of carbonyl (C=O) groups is 1. The van der Waals surface area contributed by atoms with Crippen LogP contribution in [0.5, 0.6) is 0 Å². The third-order valence-corrected chi connectivity index (χ3v) is 5.49. The number of nitrogens with zero attached hydrogens (tertiary/aromatic N) is 1. The van der Waals surface area contributed by atoms with Crippen molar-refractivity contribution in [2.45, 2.75) is 64.8 Å². The van der Waals surface area contributed by atoms with Gasteiger partial charge in [-0.05, 0) is 44.7 Å². The summed E-state index contributed by atoms with van der Waals surface area (Å²) in [6.45, 7) is 6.77. The molecule has 0 radical (unpaired) electrons. The molecule has 2 rings (SSSR count). The predicted octanol–water partition coefficient (Wildman–Crippen LogP) is 2.17. The van der Waals surface area contributed by atoms with Crippen molar-refractivity contribution in [3.05, 3.63) is 0 Å². The molecule has 21 heavy (non-hydrogen) atoms. The van der Waals surface area contributed by atoms with E-state index in [4.69, 9.17) is 0 Å². The van der Waals surface area contributed by atoms with E-state index in [1.165, 1.54) is 19.3 Å². The number of piperidine rings is 1. The predicted molar refractivity (Wildman–Crippen MR) is 85.0 cm³/mol. The second kappa shape index (κ2) is 7.59. The molecule has 2 N–H and O–H groups in total. The van der Waals surface area contributed by atoms with E-state index in [0.717, 1.165) is 38.8 Å². The number of nitrogens with one attached hydrogen (secondary N) is 1. The molecule has 122 valence electrons. The summed E-state index contributed by atoms with van der Waals surface area (Å²) >= 11 is 0. The zero-order valence-electron chi connectivity index (χ0n) is 13.7. The molecule has 4 heteroatoms. The Kier molecular flexibility index (Phi) is 6.06. The molecule has 1 atom stereocenters. The van der Waals surface area contributed by atoms with E-state index < -0.39 is 0 Å². The molecule has 4 nitrogen and oxygen atoms in total. The molecule has 2 aliphatic rings. The van der Waals surface area contributed by atoms with Crippen LogP contribution in [0.3, 0.4) is 0 Å². The first-order valence-corrected chi connectivity index (χ1v) is 8.70. The van der Waals surface area contributed by atoms with Gasteiger partial charge in [0.15, 0.2) is 0 Å². The summed E-state index contributed by atoms with van der Waals surface area (Å²) in [5.74, 6) is 0.653. The van der Waals surface area contributed by atoms with Crippen LogP contribution in [0.25, 0.3) is 0 Å². The highest BCUT2D eigenvalue weighted by molar-refractivity contribution is 5.82. The van der Waals surface area contributed by atoms with Crippen LogP contribution < -0.4 is 5.32 Å². The van der Waals surface area contributed by atoms with Gasteiger partial charge in [0.05, 0.1) is 6.61 Å². The van der Waals surface area contributed by atoms with Crippen molar-refractivity contribution >= 4 is 5.91 Å². The second-order valence-electron chi connectivity index (χ2n) is 7.28. The third-order valence-electron chi connectivity index (χ3n) is 5.49. The molecule has 0 spiro atoms. The van der Waals surface area contributed by atoms with Gasteiger partial charge in [-0.1, -0.05) is 33.1 Å². The summed E-state index contributed by atoms with van der Waals surface area (Å²) in [5.41, 5.74) is -0.333. The van der Waals surface area contributed by atoms with Crippen LogP contribution in [-0.2, 0) is 4.79 Å². The molecular formula is C17H32N2O2. The maximum atomic E-state index is 13.1. The standard InChI is InChI=1S/C17H32N2O2/c1-17(2,14-7-6-10-18-13-14)16(21)19(11-12-20)15-8-4-3-5-9-15/h14-15,18,20H,3-13H2,1-2H3. The fourth-order valence-corrected chi connectivity index (χ4v) is 3.96. The minimum absolute atomic E-state index is 0.0707. The Balaban J connectivity index is 2.07. The van der Waals surface area contributed by atoms with Gasteiger partial charge in [0.2, 0.25) is 5.91 Å². The van der Waals surface area contributed by atoms with Crippen molar-refractivity contribution in [1.82, 2.24) is 10.2 Å². The lowest BCUT2D eigenvalue weighted by atomic mass is 9.73. The summed E-state index contributed by atoms with van der Waals surface area (Å²) in [5, 5.41) is 12.8. The van der Waals surface area contributed by atoms with Crippen molar-refractivity contribution in [1.29, 1.82) is 0 Å². The molecule has 0 aromatic heterocycles. The van der Waals surface area contributed by atoms with Crippen molar-refractivity contribution in [2.75, 3.05) is 26.2 Å². The van der Waals surface area contributed by atoms with Gasteiger partial charge in [0.25, 0.3) is 0 Å². The number of amides is 1. The second-order valence-corrected chi connectivity index (χ2v) is 7.28. The van der Waals surface area contributed by atoms with Crippen molar-refractivity contribution < 1.29 is 9.90 Å². The lowest BCUT2D eigenvalue weighted by Gasteiger charge is -2.43. The van der Waals surface area contributed by atoms with Gasteiger partial charge in [0, 0.05) is 18.0 Å². The molecule has 1 amide bonds. The fourth-order valence-electron chi connectivity index (χ4n) is 3.96. The van der Waals surface area contributed by atoms with Gasteiger partial charge in [-0.15, -0.1) is 0 Å². The largest absolute Gasteiger partial charge is 0.395 e. The van der Waals surface area contributed by atoms with Gasteiger partial charge in [-0.2, -0.15) is 0 Å². The van der Waals surface area contributed by atoms with Gasteiger partial charge in [0.1, 0.15) is 0 Å². The zero-order valence-corrected chi connectivity index (χ0v) is 13.7. The van der Waals surface area contributed by atoms with Crippen molar-refractivity contribution in [3.63, 3.8) is 0 Å². The van der Waals surface area contributed by atoms with Gasteiger partial charge < -0.3 is 15.3 Å². The van der Waals surface area contributed by atoms with Crippen LogP contribution in [0.15, 0.2) is 0 Å². The Morgan fingerprint density at radius 2 is 1.90 bits per heavy atom. The Labute approximate surface area is 129 Å². The third kappa shape index (κ3) is 3.98. The summed E-state index contributed by atoms with van der Waals surface area (Å²) in [6.07, 6.45) is 8.20. The monoisotopic (exact) mass is 296 g/mol. The minimum Gasteiger partial charge on any atom is -0.395 e. The summed E-state index contributed by atoms with van der Waals surface area (Å²) in [7, 11) is 0. The Morgan fingerprint density at radius 3 is 2.48 bits per heavy atom. The van der Waals surface area contributed by atoms with Crippen LogP contribution >= 0.6 is 0 Å². The van der Waals surface area contributed by atoms with Crippen LogP contribution in [-0.4, -0.2) is 48.2 Å². The van der Waals surface area contributed by atoms with Gasteiger partial charge in [-0.25, -0.2) is 0 Å². The van der Waals surface area contributed by atoms with Gasteiger partial charge >= 0.3 is 0 Å². The maximum Gasteiger partial charge on any atom is 0.228 e. The SMILES string of the molecule is CC(C)(C(=O)N(CCO)C1CCCCC1)C1CCCNC1. The quantitative estimate of drug-likeness (QED) is 0.817. The highest BCUT2D eigenvalue weighted by atomic mass is 16.3. The maximum absolute atomic E-state index is 13.1. The fraction of sp³-hybridized carbons (Fsp3) is 0.941. The van der Waals surface area contributed by atoms with E-state index in [1.807, 2.05) is 4.90 Å². The molecule has 1 heterocycles. The Morgan fingerprint density at radius 1 is 1.19 bits per heavy atom. The van der Waals surface area contributed by atoms with Gasteiger partial charge in [-0.3, -0.25) is 4.79 Å². The molecule has 0 aromatic carbocycles. The van der Waals surface area contributed by atoms with Crippen molar-refractivity contribution in [2.24, 2.45) is 11.3 Å². The average molecular weight is 296 g/mol. The highest BCUT2D eigenvalue weighted by Crippen LogP contribution is 2.35. The normalized spacial score (nSPS) is 24.8. The average Bonchev–Trinajstić information content (AvgIpc) is 2.53. The first-order valence-electron chi connectivity index (χ1n) is 8.70. The van der Waals surface area contributed by atoms with E-state index in [9.17, 15) is 9.90 Å². The molecule has 0 aromatic rings. The Bertz CT molecular complexity index is 332. The number of rotatable bonds is 5. The zero-order chi connectivity index (χ0) is 15.3. The molecular weight excluding hydrogens is 264 g/mol. The first kappa shape index (κ1) is 16.8. The molecule has 0 bridgehead atoms. The molecule has 2 fully saturated rings. The molecule has 1 saturated carbocycles. The van der Waals surface area contributed by atoms with E-state index in [2.05, 4.69) is 19.2 Å². The molecule has 1 unspecified atom stereocenters. The first-order chi connectivity index (χ1) is 10.1. The van der Waals surface area contributed by atoms with Crippen molar-refractivity contribution in [3.8, 4) is 0 Å². The lowest BCUT2D eigenvalue weighted by molar-refractivity contribution is -0.147. The van der Waals surface area contributed by atoms with Crippen LogP contribution in [0.1, 0.15) is 58.8 Å². The van der Waals surface area contributed by atoms with E-state index in [1.54, 1.807) is 0 Å². The number of aliphatic hydroxyl groups excluding tert-OH is 1. The molecule has 1 aliphatic heterocycles. The van der Waals surface area contributed by atoms with E-state index in [0.29, 0.717) is 18.5 Å². The summed E-state index contributed by atoms with van der Waals surface area (Å²) in [6, 6.07) is 0.342. The number of carbonyl (C=O) groups excluding carboxylic acids is 1. The molecule has 1 saturated heterocycles. The summed E-state index contributed by atoms with van der Waals surface area (Å²) in [4.78, 5) is 15.1. The Hall–Kier alpha value is -0.610. The van der Waals surface area contributed by atoms with Crippen LogP contribution in [0.2, 0.25) is 0 Å². The van der Waals surface area contributed by atoms with Crippen LogP contribution in [0, 0.1) is 11.3 Å². The summed E-state index contributed by atoms with van der Waals surface area (Å²) < 4.78 is 0. The number of hydrogen-bond donors (Lipinski definition) is 2. The van der Waals surface area contributed by atoms with E-state index >= 15 is 0 Å². The lowest BCUT2D eigenvalue weighted by Crippen LogP contribution is -2.53. The number of aliphatic hydroxyl groups is 1. The number of hydrogen-bond acceptors (Lipinski definition) is 3. The highest BCUT2D eigenvalue weighted by Gasteiger charge is 2.41. The van der Waals surface area contributed by atoms with Crippen LogP contribution in [0.4, 0.5) is 0 Å². The smallest absolute Gasteiger partial charge is 0.228 e. The minimum atomic E-state index is -0.333.